The minimum atomic E-state index is 0.540. The Bertz CT molecular complexity index is 514. The number of para-hydroxylation sites is 1. The number of aromatic nitrogens is 1. The highest BCUT2D eigenvalue weighted by Gasteiger charge is 2.11. The van der Waals surface area contributed by atoms with Gasteiger partial charge in [0.15, 0.2) is 0 Å². The van der Waals surface area contributed by atoms with Gasteiger partial charge >= 0.3 is 0 Å². The van der Waals surface area contributed by atoms with E-state index in [1.807, 2.05) is 12.1 Å². The van der Waals surface area contributed by atoms with Crippen molar-refractivity contribution >= 4 is 10.9 Å². The van der Waals surface area contributed by atoms with Crippen molar-refractivity contribution in [2.75, 3.05) is 13.2 Å². The van der Waals surface area contributed by atoms with E-state index >= 15 is 0 Å². The van der Waals surface area contributed by atoms with E-state index in [9.17, 15) is 0 Å². The lowest BCUT2D eigenvalue weighted by Gasteiger charge is -2.08. The van der Waals surface area contributed by atoms with Gasteiger partial charge in [0.25, 0.3) is 0 Å². The van der Waals surface area contributed by atoms with Crippen LogP contribution in [0.5, 0.6) is 5.75 Å². The van der Waals surface area contributed by atoms with E-state index in [1.54, 1.807) is 0 Å². The quantitative estimate of drug-likeness (QED) is 0.857. The summed E-state index contributed by atoms with van der Waals surface area (Å²) >= 11 is 0. The van der Waals surface area contributed by atoms with E-state index in [1.165, 1.54) is 16.6 Å². The van der Waals surface area contributed by atoms with Gasteiger partial charge in [-0.1, -0.05) is 12.1 Å². The standard InChI is InChI=1S/C13H18N2O/c1-9-10(2)15(3)13-11(9)5-4-6-12(13)16-8-7-14/h4-6H,7-8,14H2,1-3H3. The molecule has 2 rings (SSSR count). The molecule has 0 fully saturated rings. The second-order valence-corrected chi connectivity index (χ2v) is 4.06. The topological polar surface area (TPSA) is 40.2 Å². The Kier molecular flexibility index (Phi) is 2.88. The van der Waals surface area contributed by atoms with Gasteiger partial charge in [-0.25, -0.2) is 0 Å². The van der Waals surface area contributed by atoms with Gasteiger partial charge < -0.3 is 15.0 Å². The average Bonchev–Trinajstić information content (AvgIpc) is 2.53. The molecule has 0 bridgehead atoms. The van der Waals surface area contributed by atoms with Crippen LogP contribution in [0.15, 0.2) is 18.2 Å². The molecule has 0 saturated heterocycles. The zero-order chi connectivity index (χ0) is 11.7. The predicted octanol–water partition coefficient (Wildman–Crippen LogP) is 2.13. The van der Waals surface area contributed by atoms with Crippen LogP contribution < -0.4 is 10.5 Å². The Morgan fingerprint density at radius 2 is 2.06 bits per heavy atom. The zero-order valence-corrected chi connectivity index (χ0v) is 10.1. The van der Waals surface area contributed by atoms with Crippen molar-refractivity contribution in [2.24, 2.45) is 12.8 Å². The molecule has 3 heteroatoms. The van der Waals surface area contributed by atoms with Crippen molar-refractivity contribution in [1.29, 1.82) is 0 Å². The number of ether oxygens (including phenoxy) is 1. The van der Waals surface area contributed by atoms with Gasteiger partial charge in [0.2, 0.25) is 0 Å². The molecule has 0 aliphatic rings. The molecule has 2 aromatic rings. The summed E-state index contributed by atoms with van der Waals surface area (Å²) in [6.45, 7) is 5.37. The van der Waals surface area contributed by atoms with E-state index in [-0.39, 0.29) is 0 Å². The third-order valence-electron chi connectivity index (χ3n) is 3.16. The number of benzene rings is 1. The third kappa shape index (κ3) is 1.57. The Labute approximate surface area is 95.8 Å². The fourth-order valence-corrected chi connectivity index (χ4v) is 2.07. The summed E-state index contributed by atoms with van der Waals surface area (Å²) in [5.74, 6) is 0.918. The number of nitrogens with two attached hydrogens (primary N) is 1. The van der Waals surface area contributed by atoms with Crippen LogP contribution in [0.1, 0.15) is 11.3 Å². The number of rotatable bonds is 3. The van der Waals surface area contributed by atoms with E-state index in [2.05, 4.69) is 31.5 Å². The number of aryl methyl sites for hydroxylation is 2. The first-order valence-electron chi connectivity index (χ1n) is 5.54. The fraction of sp³-hybridized carbons (Fsp3) is 0.385. The summed E-state index contributed by atoms with van der Waals surface area (Å²) in [7, 11) is 2.07. The molecule has 1 aromatic heterocycles. The maximum absolute atomic E-state index is 5.67. The van der Waals surface area contributed by atoms with E-state index in [0.29, 0.717) is 13.2 Å². The molecule has 0 radical (unpaired) electrons. The Morgan fingerprint density at radius 1 is 1.31 bits per heavy atom. The lowest BCUT2D eigenvalue weighted by molar-refractivity contribution is 0.331. The normalized spacial score (nSPS) is 11.0. The van der Waals surface area contributed by atoms with E-state index in [0.717, 1.165) is 11.3 Å². The molecule has 86 valence electrons. The highest BCUT2D eigenvalue weighted by Crippen LogP contribution is 2.31. The predicted molar refractivity (Wildman–Crippen MR) is 66.9 cm³/mol. The van der Waals surface area contributed by atoms with Crippen LogP contribution in [0.2, 0.25) is 0 Å². The second-order valence-electron chi connectivity index (χ2n) is 4.06. The van der Waals surface area contributed by atoms with Crippen LogP contribution in [-0.4, -0.2) is 17.7 Å². The molecule has 0 aliphatic heterocycles. The Morgan fingerprint density at radius 3 is 2.75 bits per heavy atom. The highest BCUT2D eigenvalue weighted by molar-refractivity contribution is 5.90. The minimum absolute atomic E-state index is 0.540. The van der Waals surface area contributed by atoms with Gasteiger partial charge in [0.05, 0.1) is 5.52 Å². The lowest BCUT2D eigenvalue weighted by atomic mass is 10.1. The Balaban J connectivity index is 2.62. The molecule has 16 heavy (non-hydrogen) atoms. The summed E-state index contributed by atoms with van der Waals surface area (Å²) in [6, 6.07) is 6.16. The Hall–Kier alpha value is -1.48. The molecule has 1 heterocycles. The van der Waals surface area contributed by atoms with Gasteiger partial charge in [-0.15, -0.1) is 0 Å². The fourth-order valence-electron chi connectivity index (χ4n) is 2.07. The number of fused-ring (bicyclic) bond motifs is 1. The molecule has 1 aromatic carbocycles. The first-order valence-corrected chi connectivity index (χ1v) is 5.54. The monoisotopic (exact) mass is 218 g/mol. The lowest BCUT2D eigenvalue weighted by Crippen LogP contribution is -2.11. The third-order valence-corrected chi connectivity index (χ3v) is 3.16. The maximum atomic E-state index is 5.67. The molecule has 0 unspecified atom stereocenters. The van der Waals surface area contributed by atoms with Gasteiger partial charge in [0.1, 0.15) is 12.4 Å². The van der Waals surface area contributed by atoms with E-state index in [4.69, 9.17) is 10.5 Å². The summed E-state index contributed by atoms with van der Waals surface area (Å²) in [5, 5.41) is 1.26. The van der Waals surface area contributed by atoms with Crippen LogP contribution in [0.3, 0.4) is 0 Å². The average molecular weight is 218 g/mol. The zero-order valence-electron chi connectivity index (χ0n) is 10.1. The molecular weight excluding hydrogens is 200 g/mol. The van der Waals surface area contributed by atoms with Crippen molar-refractivity contribution < 1.29 is 4.74 Å². The van der Waals surface area contributed by atoms with Crippen LogP contribution in [0, 0.1) is 13.8 Å². The number of nitrogens with zero attached hydrogens (tertiary/aromatic N) is 1. The van der Waals surface area contributed by atoms with Gasteiger partial charge in [-0.2, -0.15) is 0 Å². The molecule has 0 amide bonds. The summed E-state index contributed by atoms with van der Waals surface area (Å²) in [4.78, 5) is 0. The van der Waals surface area contributed by atoms with Crippen molar-refractivity contribution in [1.82, 2.24) is 4.57 Å². The second kappa shape index (κ2) is 4.18. The van der Waals surface area contributed by atoms with Crippen molar-refractivity contribution in [3.63, 3.8) is 0 Å². The SMILES string of the molecule is Cc1c(C)n(C)c2c(OCCN)cccc12. The first-order chi connectivity index (χ1) is 7.66. The molecule has 2 N–H and O–H groups in total. The smallest absolute Gasteiger partial charge is 0.143 e. The van der Waals surface area contributed by atoms with Crippen LogP contribution in [0.25, 0.3) is 10.9 Å². The molecule has 0 atom stereocenters. The van der Waals surface area contributed by atoms with Crippen molar-refractivity contribution in [3.05, 3.63) is 29.5 Å². The molecule has 0 aliphatic carbocycles. The largest absolute Gasteiger partial charge is 0.490 e. The molecule has 3 nitrogen and oxygen atoms in total. The van der Waals surface area contributed by atoms with Gasteiger partial charge in [-0.05, 0) is 25.5 Å². The number of hydrogen-bond acceptors (Lipinski definition) is 2. The number of hydrogen-bond donors (Lipinski definition) is 1. The van der Waals surface area contributed by atoms with Crippen LogP contribution >= 0.6 is 0 Å². The van der Waals surface area contributed by atoms with Crippen LogP contribution in [0.4, 0.5) is 0 Å². The van der Waals surface area contributed by atoms with Crippen molar-refractivity contribution in [2.45, 2.75) is 13.8 Å². The summed E-state index contributed by atoms with van der Waals surface area (Å²) < 4.78 is 7.85. The minimum Gasteiger partial charge on any atom is -0.490 e. The van der Waals surface area contributed by atoms with Crippen LogP contribution in [-0.2, 0) is 7.05 Å². The first kappa shape index (κ1) is 11.0. The molecular formula is C13H18N2O. The maximum Gasteiger partial charge on any atom is 0.143 e. The van der Waals surface area contributed by atoms with Gasteiger partial charge in [0, 0.05) is 24.7 Å². The van der Waals surface area contributed by atoms with Crippen molar-refractivity contribution in [3.8, 4) is 5.75 Å². The van der Waals surface area contributed by atoms with E-state index < -0.39 is 0 Å². The summed E-state index contributed by atoms with van der Waals surface area (Å²) in [6.07, 6.45) is 0. The molecule has 0 saturated carbocycles. The highest BCUT2D eigenvalue weighted by atomic mass is 16.5. The summed E-state index contributed by atoms with van der Waals surface area (Å²) in [5.41, 5.74) is 9.21. The van der Waals surface area contributed by atoms with Gasteiger partial charge in [-0.3, -0.25) is 0 Å². The molecule has 0 spiro atoms.